The fraction of sp³-hybridized carbons (Fsp3) is 0.0182. The molecule has 2 aliphatic rings. The molecule has 0 radical (unpaired) electrons. The van der Waals surface area contributed by atoms with E-state index in [1.54, 1.807) is 0 Å². The Kier molecular flexibility index (Phi) is 8.82. The summed E-state index contributed by atoms with van der Waals surface area (Å²) in [6.45, 7) is 6.25. The standard InChI is InChI=1S/C55H42S2/c1-3-19-44(20-4-2)56(45-23-8-5-9-24-45)52-31-16-14-29-48(52)50-38-42(33-35-54(50)56)40-21-18-22-41(37-40)43-34-36-55-51(39-43)49-30-15-17-32-53(49)57(55,46-25-10-6-11-26-46)47-27-12-7-13-28-47/h3-39H,1H2,2H3/b20-4-,44-19+. The van der Waals surface area contributed by atoms with Crippen molar-refractivity contribution in [3.8, 4) is 44.5 Å². The molecule has 0 aliphatic carbocycles. The van der Waals surface area contributed by atoms with Crippen LogP contribution in [-0.2, 0) is 0 Å². The van der Waals surface area contributed by atoms with Gasteiger partial charge >= 0.3 is 0 Å². The molecule has 1 unspecified atom stereocenters. The van der Waals surface area contributed by atoms with E-state index in [9.17, 15) is 0 Å². The van der Waals surface area contributed by atoms with Crippen molar-refractivity contribution in [2.75, 3.05) is 0 Å². The number of allylic oxidation sites excluding steroid dienone is 4. The zero-order valence-corrected chi connectivity index (χ0v) is 33.5. The highest BCUT2D eigenvalue weighted by molar-refractivity contribution is 8.37. The van der Waals surface area contributed by atoms with Gasteiger partial charge in [0.25, 0.3) is 0 Å². The highest BCUT2D eigenvalue weighted by Crippen LogP contribution is 2.81. The van der Waals surface area contributed by atoms with E-state index in [1.165, 1.54) is 83.7 Å². The Morgan fingerprint density at radius 3 is 1.42 bits per heavy atom. The van der Waals surface area contributed by atoms with E-state index in [1.807, 2.05) is 6.08 Å². The summed E-state index contributed by atoms with van der Waals surface area (Å²) in [6.07, 6.45) is 8.60. The van der Waals surface area contributed by atoms with Crippen LogP contribution in [0.5, 0.6) is 0 Å². The average molecular weight is 767 g/mol. The minimum absolute atomic E-state index is 1.21. The number of hydrogen-bond donors (Lipinski definition) is 0. The third kappa shape index (κ3) is 5.32. The van der Waals surface area contributed by atoms with Gasteiger partial charge in [0.2, 0.25) is 0 Å². The van der Waals surface area contributed by atoms with Crippen molar-refractivity contribution >= 4 is 20.1 Å². The van der Waals surface area contributed by atoms with Gasteiger partial charge in [0.1, 0.15) is 0 Å². The first kappa shape index (κ1) is 35.1. The molecule has 0 spiro atoms. The SMILES string of the molecule is C=C/C=C(\C=C/C)S1(c2ccccc2)c2ccccc2-c2cc(-c3cccc(-c4ccc5c(c4)-c4ccccc4S5(c4ccccc4)c4ccccc4)c3)ccc21. The van der Waals surface area contributed by atoms with Gasteiger partial charge in [-0.15, -0.1) is 20.1 Å². The molecule has 0 saturated carbocycles. The Morgan fingerprint density at radius 1 is 0.404 bits per heavy atom. The topological polar surface area (TPSA) is 0 Å². The van der Waals surface area contributed by atoms with Crippen LogP contribution in [0.1, 0.15) is 6.92 Å². The van der Waals surface area contributed by atoms with Gasteiger partial charge in [0.05, 0.1) is 0 Å². The van der Waals surface area contributed by atoms with Crippen LogP contribution in [0.15, 0.2) is 270 Å². The maximum Gasteiger partial charge on any atom is 0.0102 e. The predicted molar refractivity (Wildman–Crippen MR) is 244 cm³/mol. The van der Waals surface area contributed by atoms with Gasteiger partial charge in [-0.05, 0) is 136 Å². The molecule has 2 heterocycles. The minimum Gasteiger partial charge on any atom is -0.132 e. The van der Waals surface area contributed by atoms with Gasteiger partial charge in [-0.2, -0.15) is 0 Å². The third-order valence-corrected chi connectivity index (χ3v) is 19.4. The average Bonchev–Trinajstić information content (AvgIpc) is 3.75. The second-order valence-corrected chi connectivity index (χ2v) is 20.6. The summed E-state index contributed by atoms with van der Waals surface area (Å²) in [6, 6.07) is 75.0. The molecule has 2 heteroatoms. The van der Waals surface area contributed by atoms with Crippen LogP contribution in [-0.4, -0.2) is 0 Å². The van der Waals surface area contributed by atoms with Crippen LogP contribution in [0, 0.1) is 0 Å². The first-order valence-corrected chi connectivity index (χ1v) is 22.8. The maximum absolute atomic E-state index is 4.15. The number of rotatable bonds is 8. The van der Waals surface area contributed by atoms with Crippen molar-refractivity contribution in [2.24, 2.45) is 0 Å². The Labute approximate surface area is 339 Å². The molecule has 8 aromatic carbocycles. The van der Waals surface area contributed by atoms with Gasteiger partial charge in [0, 0.05) is 39.2 Å². The molecule has 10 rings (SSSR count). The van der Waals surface area contributed by atoms with E-state index >= 15 is 0 Å². The van der Waals surface area contributed by atoms with Crippen LogP contribution in [0.4, 0.5) is 0 Å². The summed E-state index contributed by atoms with van der Waals surface area (Å²) in [4.78, 5) is 10.9. The summed E-state index contributed by atoms with van der Waals surface area (Å²) in [5.41, 5.74) is 10.2. The largest absolute Gasteiger partial charge is 0.132 e. The third-order valence-electron chi connectivity index (χ3n) is 11.4. The quantitative estimate of drug-likeness (QED) is 0.135. The van der Waals surface area contributed by atoms with Crippen LogP contribution >= 0.6 is 20.1 Å². The maximum atomic E-state index is 4.15. The van der Waals surface area contributed by atoms with E-state index in [-0.39, 0.29) is 0 Å². The van der Waals surface area contributed by atoms with Crippen molar-refractivity contribution in [3.05, 3.63) is 236 Å². The van der Waals surface area contributed by atoms with Gasteiger partial charge in [-0.25, -0.2) is 0 Å². The molecular weight excluding hydrogens is 725 g/mol. The van der Waals surface area contributed by atoms with Crippen LogP contribution in [0.2, 0.25) is 0 Å². The molecule has 274 valence electrons. The summed E-state index contributed by atoms with van der Waals surface area (Å²) in [7, 11) is -3.42. The van der Waals surface area contributed by atoms with Crippen molar-refractivity contribution < 1.29 is 0 Å². The fourth-order valence-corrected chi connectivity index (χ4v) is 17.6. The van der Waals surface area contributed by atoms with Crippen molar-refractivity contribution in [2.45, 2.75) is 41.2 Å². The lowest BCUT2D eigenvalue weighted by Gasteiger charge is -2.40. The molecule has 0 N–H and O–H groups in total. The smallest absolute Gasteiger partial charge is 0.0102 e. The van der Waals surface area contributed by atoms with Crippen LogP contribution in [0.25, 0.3) is 44.5 Å². The lowest BCUT2D eigenvalue weighted by Crippen LogP contribution is -2.03. The molecule has 1 atom stereocenters. The van der Waals surface area contributed by atoms with E-state index in [0.717, 1.165) is 0 Å². The summed E-state index contributed by atoms with van der Waals surface area (Å²) >= 11 is 0. The Balaban J connectivity index is 1.12. The van der Waals surface area contributed by atoms with Crippen molar-refractivity contribution in [1.29, 1.82) is 0 Å². The summed E-state index contributed by atoms with van der Waals surface area (Å²) in [5, 5.41) is 0. The lowest BCUT2D eigenvalue weighted by molar-refractivity contribution is 1.29. The molecule has 8 aromatic rings. The molecule has 0 fully saturated rings. The lowest BCUT2D eigenvalue weighted by atomic mass is 9.95. The van der Waals surface area contributed by atoms with Gasteiger partial charge in [-0.1, -0.05) is 146 Å². The van der Waals surface area contributed by atoms with E-state index in [2.05, 4.69) is 232 Å². The van der Waals surface area contributed by atoms with Gasteiger partial charge < -0.3 is 0 Å². The molecular formula is C55H42S2. The Morgan fingerprint density at radius 2 is 0.842 bits per heavy atom. The zero-order valence-electron chi connectivity index (χ0n) is 31.9. The molecule has 0 aromatic heterocycles. The Bertz CT molecular complexity index is 2830. The van der Waals surface area contributed by atoms with Crippen LogP contribution < -0.4 is 0 Å². The normalized spacial score (nSPS) is 17.8. The van der Waals surface area contributed by atoms with E-state index in [4.69, 9.17) is 0 Å². The molecule has 0 bridgehead atoms. The molecule has 57 heavy (non-hydrogen) atoms. The van der Waals surface area contributed by atoms with Gasteiger partial charge in [-0.3, -0.25) is 0 Å². The van der Waals surface area contributed by atoms with Gasteiger partial charge in [0.15, 0.2) is 0 Å². The second-order valence-electron chi connectivity index (χ2n) is 14.5. The van der Waals surface area contributed by atoms with Crippen LogP contribution in [0.3, 0.4) is 0 Å². The number of fused-ring (bicyclic) bond motifs is 6. The molecule has 2 aliphatic heterocycles. The minimum atomic E-state index is -1.75. The predicted octanol–water partition coefficient (Wildman–Crippen LogP) is 16.2. The van der Waals surface area contributed by atoms with Crippen molar-refractivity contribution in [3.63, 3.8) is 0 Å². The number of benzene rings is 8. The Hall–Kier alpha value is -6.32. The highest BCUT2D eigenvalue weighted by atomic mass is 32.3. The first-order valence-electron chi connectivity index (χ1n) is 19.5. The molecule has 0 saturated heterocycles. The zero-order chi connectivity index (χ0) is 38.4. The fourth-order valence-electron chi connectivity index (χ4n) is 9.10. The number of hydrogen-bond acceptors (Lipinski definition) is 0. The van der Waals surface area contributed by atoms with Crippen molar-refractivity contribution in [1.82, 2.24) is 0 Å². The second kappa shape index (κ2) is 14.3. The van der Waals surface area contributed by atoms with E-state index in [0.29, 0.717) is 0 Å². The highest BCUT2D eigenvalue weighted by Gasteiger charge is 2.43. The summed E-state index contributed by atoms with van der Waals surface area (Å²) in [5.74, 6) is 0. The molecule has 0 nitrogen and oxygen atoms in total. The van der Waals surface area contributed by atoms with E-state index < -0.39 is 20.1 Å². The first-order chi connectivity index (χ1) is 28.2. The molecule has 0 amide bonds. The monoisotopic (exact) mass is 766 g/mol. The summed E-state index contributed by atoms with van der Waals surface area (Å²) < 4.78 is 0.